The van der Waals surface area contributed by atoms with Gasteiger partial charge >= 0.3 is 5.69 Å². The quantitative estimate of drug-likeness (QED) is 0.911. The molecule has 0 amide bonds. The zero-order valence-electron chi connectivity index (χ0n) is 13.3. The number of nitrogens with two attached hydrogens (primary N) is 1. The first-order chi connectivity index (χ1) is 9.84. The van der Waals surface area contributed by atoms with Crippen LogP contribution in [-0.4, -0.2) is 18.7 Å². The summed E-state index contributed by atoms with van der Waals surface area (Å²) in [6.45, 7) is 10.3. The van der Waals surface area contributed by atoms with Crippen molar-refractivity contribution in [3.8, 4) is 0 Å². The maximum atomic E-state index is 12.6. The minimum Gasteiger partial charge on any atom is -0.322 e. The van der Waals surface area contributed by atoms with Gasteiger partial charge in [0.25, 0.3) is 5.56 Å². The van der Waals surface area contributed by atoms with Gasteiger partial charge in [0, 0.05) is 19.1 Å². The zero-order valence-corrected chi connectivity index (χ0v) is 13.3. The van der Waals surface area contributed by atoms with Gasteiger partial charge in [-0.15, -0.1) is 0 Å². The topological polar surface area (TPSA) is 87.8 Å². The number of rotatable bonds is 4. The third-order valence-electron chi connectivity index (χ3n) is 3.65. The SMILES string of the molecule is CCn1c(=O)c2c(nc(C(C)N)n2CC)n(C(C)C)c1=O. The first-order valence-corrected chi connectivity index (χ1v) is 7.36. The second kappa shape index (κ2) is 5.48. The van der Waals surface area contributed by atoms with Crippen molar-refractivity contribution in [3.05, 3.63) is 26.7 Å². The number of hydrogen-bond donors (Lipinski definition) is 1. The van der Waals surface area contributed by atoms with E-state index in [1.54, 1.807) is 11.5 Å². The smallest absolute Gasteiger partial charge is 0.322 e. The van der Waals surface area contributed by atoms with E-state index in [0.717, 1.165) is 0 Å². The van der Waals surface area contributed by atoms with E-state index in [1.807, 2.05) is 32.3 Å². The average Bonchev–Trinajstić information content (AvgIpc) is 2.78. The van der Waals surface area contributed by atoms with Gasteiger partial charge in [-0.1, -0.05) is 0 Å². The molecule has 0 aliphatic carbocycles. The Bertz CT molecular complexity index is 779. The summed E-state index contributed by atoms with van der Waals surface area (Å²) in [7, 11) is 0. The van der Waals surface area contributed by atoms with Crippen LogP contribution >= 0.6 is 0 Å². The van der Waals surface area contributed by atoms with Gasteiger partial charge in [-0.25, -0.2) is 9.78 Å². The molecule has 2 rings (SSSR count). The van der Waals surface area contributed by atoms with Gasteiger partial charge in [-0.3, -0.25) is 13.9 Å². The van der Waals surface area contributed by atoms with Crippen LogP contribution in [0.5, 0.6) is 0 Å². The Morgan fingerprint density at radius 2 is 1.67 bits per heavy atom. The molecular formula is C14H23N5O2. The lowest BCUT2D eigenvalue weighted by Crippen LogP contribution is -2.40. The van der Waals surface area contributed by atoms with Gasteiger partial charge < -0.3 is 10.3 Å². The van der Waals surface area contributed by atoms with Crippen molar-refractivity contribution in [1.82, 2.24) is 18.7 Å². The molecule has 7 nitrogen and oxygen atoms in total. The minimum atomic E-state index is -0.318. The lowest BCUT2D eigenvalue weighted by molar-refractivity contribution is 0.532. The molecule has 0 radical (unpaired) electrons. The van der Waals surface area contributed by atoms with Crippen LogP contribution < -0.4 is 17.0 Å². The molecule has 0 bridgehead atoms. The second-order valence-electron chi connectivity index (χ2n) is 5.47. The number of aryl methyl sites for hydroxylation is 1. The first kappa shape index (κ1) is 15.5. The first-order valence-electron chi connectivity index (χ1n) is 7.36. The average molecular weight is 293 g/mol. The van der Waals surface area contributed by atoms with E-state index in [-0.39, 0.29) is 23.3 Å². The van der Waals surface area contributed by atoms with Crippen molar-refractivity contribution >= 4 is 11.2 Å². The van der Waals surface area contributed by atoms with Crippen LogP contribution in [0.1, 0.15) is 52.5 Å². The third-order valence-corrected chi connectivity index (χ3v) is 3.65. The van der Waals surface area contributed by atoms with Gasteiger partial charge in [-0.2, -0.15) is 0 Å². The predicted octanol–water partition coefficient (Wildman–Crippen LogP) is 1.00. The van der Waals surface area contributed by atoms with Crippen LogP contribution in [0.15, 0.2) is 9.59 Å². The van der Waals surface area contributed by atoms with Crippen LogP contribution in [0, 0.1) is 0 Å². The fraction of sp³-hybridized carbons (Fsp3) is 0.643. The summed E-state index contributed by atoms with van der Waals surface area (Å²) < 4.78 is 4.63. The monoisotopic (exact) mass is 293 g/mol. The Labute approximate surface area is 123 Å². The highest BCUT2D eigenvalue weighted by molar-refractivity contribution is 5.71. The van der Waals surface area contributed by atoms with Crippen molar-refractivity contribution in [2.24, 2.45) is 5.73 Å². The van der Waals surface area contributed by atoms with E-state index < -0.39 is 0 Å². The normalized spacial score (nSPS) is 13.3. The summed E-state index contributed by atoms with van der Waals surface area (Å²) in [5.74, 6) is 0.632. The van der Waals surface area contributed by atoms with Crippen LogP contribution in [0.3, 0.4) is 0 Å². The molecule has 0 aromatic carbocycles. The van der Waals surface area contributed by atoms with Crippen molar-refractivity contribution in [2.45, 2.75) is 59.8 Å². The number of nitrogens with zero attached hydrogens (tertiary/aromatic N) is 4. The van der Waals surface area contributed by atoms with E-state index >= 15 is 0 Å². The van der Waals surface area contributed by atoms with Gasteiger partial charge in [0.05, 0.1) is 6.04 Å². The summed E-state index contributed by atoms with van der Waals surface area (Å²) in [5.41, 5.74) is 6.23. The van der Waals surface area contributed by atoms with Gasteiger partial charge in [0.2, 0.25) is 0 Å². The van der Waals surface area contributed by atoms with Gasteiger partial charge in [0.15, 0.2) is 11.2 Å². The van der Waals surface area contributed by atoms with E-state index in [4.69, 9.17) is 5.73 Å². The summed E-state index contributed by atoms with van der Waals surface area (Å²) in [5, 5.41) is 0. The number of fused-ring (bicyclic) bond motifs is 1. The van der Waals surface area contributed by atoms with Crippen molar-refractivity contribution in [2.75, 3.05) is 0 Å². The van der Waals surface area contributed by atoms with Crippen molar-refractivity contribution in [1.29, 1.82) is 0 Å². The third kappa shape index (κ3) is 2.21. The van der Waals surface area contributed by atoms with Crippen molar-refractivity contribution < 1.29 is 0 Å². The van der Waals surface area contributed by atoms with Gasteiger partial charge in [-0.05, 0) is 34.6 Å². The molecule has 0 aliphatic rings. The van der Waals surface area contributed by atoms with E-state index in [9.17, 15) is 9.59 Å². The largest absolute Gasteiger partial charge is 0.332 e. The number of imidazole rings is 1. The highest BCUT2D eigenvalue weighted by Gasteiger charge is 2.22. The summed E-state index contributed by atoms with van der Waals surface area (Å²) in [4.78, 5) is 29.6. The van der Waals surface area contributed by atoms with Crippen LogP contribution in [0.2, 0.25) is 0 Å². The molecule has 116 valence electrons. The molecule has 2 heterocycles. The van der Waals surface area contributed by atoms with E-state index in [1.165, 1.54) is 4.57 Å². The number of aromatic nitrogens is 4. The zero-order chi connectivity index (χ0) is 15.9. The second-order valence-corrected chi connectivity index (χ2v) is 5.47. The van der Waals surface area contributed by atoms with Crippen LogP contribution in [0.25, 0.3) is 11.2 Å². The highest BCUT2D eigenvalue weighted by Crippen LogP contribution is 2.18. The summed E-state index contributed by atoms with van der Waals surface area (Å²) in [6, 6.07) is -0.387. The Kier molecular flexibility index (Phi) is 4.04. The Balaban J connectivity index is 3.10. The van der Waals surface area contributed by atoms with Crippen LogP contribution in [-0.2, 0) is 13.1 Å². The lowest BCUT2D eigenvalue weighted by Gasteiger charge is -2.13. The molecule has 0 fully saturated rings. The van der Waals surface area contributed by atoms with E-state index in [2.05, 4.69) is 4.98 Å². The molecule has 0 spiro atoms. The molecule has 0 saturated heterocycles. The Morgan fingerprint density at radius 3 is 2.10 bits per heavy atom. The molecule has 2 aromatic rings. The molecular weight excluding hydrogens is 270 g/mol. The molecule has 1 unspecified atom stereocenters. The minimum absolute atomic E-state index is 0.0838. The fourth-order valence-corrected chi connectivity index (χ4v) is 2.68. The van der Waals surface area contributed by atoms with Crippen LogP contribution in [0.4, 0.5) is 0 Å². The molecule has 2 N–H and O–H groups in total. The molecule has 2 aromatic heterocycles. The highest BCUT2D eigenvalue weighted by atomic mass is 16.2. The summed E-state index contributed by atoms with van der Waals surface area (Å²) >= 11 is 0. The molecule has 0 aliphatic heterocycles. The lowest BCUT2D eigenvalue weighted by atomic mass is 10.3. The molecule has 21 heavy (non-hydrogen) atoms. The fourth-order valence-electron chi connectivity index (χ4n) is 2.68. The molecule has 1 atom stereocenters. The standard InChI is InChI=1S/C14H23N5O2/c1-6-17-10-12(16-11(17)9(5)15)19(8(3)4)14(21)18(7-2)13(10)20/h8-9H,6-7,15H2,1-5H3. The van der Waals surface area contributed by atoms with Gasteiger partial charge in [0.1, 0.15) is 5.82 Å². The molecule has 7 heteroatoms. The van der Waals surface area contributed by atoms with E-state index in [0.29, 0.717) is 30.1 Å². The predicted molar refractivity (Wildman–Crippen MR) is 82.6 cm³/mol. The molecule has 0 saturated carbocycles. The van der Waals surface area contributed by atoms with Crippen molar-refractivity contribution in [3.63, 3.8) is 0 Å². The maximum absolute atomic E-state index is 12.6. The Morgan fingerprint density at radius 1 is 1.10 bits per heavy atom. The number of hydrogen-bond acceptors (Lipinski definition) is 4. The summed E-state index contributed by atoms with van der Waals surface area (Å²) in [6.07, 6.45) is 0. The Hall–Kier alpha value is -1.89. The maximum Gasteiger partial charge on any atom is 0.332 e.